The Morgan fingerprint density at radius 3 is 2.08 bits per heavy atom. The van der Waals surface area contributed by atoms with E-state index in [1.54, 1.807) is 7.11 Å². The molecule has 5 nitrogen and oxygen atoms in total. The lowest BCUT2D eigenvalue weighted by molar-refractivity contribution is 0.0746. The molecule has 1 fully saturated rings. The molecule has 1 atom stereocenters. The predicted octanol–water partition coefficient (Wildman–Crippen LogP) is 6.19. The van der Waals surface area contributed by atoms with Crippen LogP contribution in [0.25, 0.3) is 0 Å². The zero-order chi connectivity index (χ0) is 26.5. The molecular formula is C32H38N2O3. The third-order valence-electron chi connectivity index (χ3n) is 8.24. The molecule has 0 N–H and O–H groups in total. The maximum absolute atomic E-state index is 13.1. The highest BCUT2D eigenvalue weighted by molar-refractivity contribution is 5.94. The van der Waals surface area contributed by atoms with E-state index in [1.165, 1.54) is 39.1 Å². The molecule has 3 aromatic rings. The van der Waals surface area contributed by atoms with Crippen LogP contribution in [0.4, 0.5) is 5.69 Å². The number of benzene rings is 3. The van der Waals surface area contributed by atoms with Crippen molar-refractivity contribution in [2.45, 2.75) is 53.1 Å². The molecular weight excluding hydrogens is 460 g/mol. The standard InChI is InChI=1S/C32H38N2O3/c1-20-8-10-24(11-9-20)28-27-23(4)29(21(2)22(3)30(27)37-32(28,5)6)33-16-18-34(19-17-33)31(35)25-12-14-26(36-7)15-13-25/h8-15,28H,16-19H2,1-7H3. The number of ether oxygens (including phenoxy) is 2. The van der Waals surface area contributed by atoms with E-state index in [4.69, 9.17) is 9.47 Å². The minimum Gasteiger partial charge on any atom is -0.497 e. The predicted molar refractivity (Wildman–Crippen MR) is 149 cm³/mol. The first kappa shape index (κ1) is 25.2. The summed E-state index contributed by atoms with van der Waals surface area (Å²) in [6, 6.07) is 16.3. The SMILES string of the molecule is COc1ccc(C(=O)N2CCN(c3c(C)c(C)c4c(c3C)C(c3ccc(C)cc3)C(C)(C)O4)CC2)cc1. The van der Waals surface area contributed by atoms with Gasteiger partial charge in [0, 0.05) is 43.0 Å². The molecule has 3 aromatic carbocycles. The average Bonchev–Trinajstić information content (AvgIpc) is 3.19. The Labute approximate surface area is 221 Å². The molecule has 1 saturated heterocycles. The second-order valence-electron chi connectivity index (χ2n) is 11.0. The van der Waals surface area contributed by atoms with Gasteiger partial charge < -0.3 is 19.3 Å². The van der Waals surface area contributed by atoms with Gasteiger partial charge in [0.25, 0.3) is 5.91 Å². The molecule has 0 aliphatic carbocycles. The zero-order valence-electron chi connectivity index (χ0n) is 23.1. The topological polar surface area (TPSA) is 42.0 Å². The van der Waals surface area contributed by atoms with Crippen LogP contribution in [0.1, 0.15) is 63.5 Å². The van der Waals surface area contributed by atoms with Gasteiger partial charge in [0.2, 0.25) is 0 Å². The van der Waals surface area contributed by atoms with Crippen molar-refractivity contribution < 1.29 is 14.3 Å². The van der Waals surface area contributed by atoms with Gasteiger partial charge in [-0.05, 0) is 88.1 Å². The van der Waals surface area contributed by atoms with Crippen molar-refractivity contribution in [3.8, 4) is 11.5 Å². The minimum absolute atomic E-state index is 0.0791. The zero-order valence-corrected chi connectivity index (χ0v) is 23.1. The van der Waals surface area contributed by atoms with Crippen molar-refractivity contribution in [2.24, 2.45) is 0 Å². The fourth-order valence-electron chi connectivity index (χ4n) is 6.13. The Bertz CT molecular complexity index is 1320. The summed E-state index contributed by atoms with van der Waals surface area (Å²) in [5, 5.41) is 0. The average molecular weight is 499 g/mol. The highest BCUT2D eigenvalue weighted by Gasteiger charge is 2.45. The summed E-state index contributed by atoms with van der Waals surface area (Å²) in [4.78, 5) is 17.6. The number of anilines is 1. The molecule has 1 unspecified atom stereocenters. The molecule has 0 radical (unpaired) electrons. The van der Waals surface area contributed by atoms with Gasteiger partial charge in [-0.1, -0.05) is 29.8 Å². The summed E-state index contributed by atoms with van der Waals surface area (Å²) in [7, 11) is 1.64. The highest BCUT2D eigenvalue weighted by atomic mass is 16.5. The maximum atomic E-state index is 13.1. The molecule has 1 amide bonds. The van der Waals surface area contributed by atoms with Crippen LogP contribution < -0.4 is 14.4 Å². The van der Waals surface area contributed by atoms with Gasteiger partial charge in [-0.3, -0.25) is 4.79 Å². The van der Waals surface area contributed by atoms with Crippen LogP contribution in [-0.4, -0.2) is 49.7 Å². The number of fused-ring (bicyclic) bond motifs is 1. The molecule has 0 bridgehead atoms. The van der Waals surface area contributed by atoms with Crippen LogP contribution in [0.3, 0.4) is 0 Å². The van der Waals surface area contributed by atoms with Gasteiger partial charge in [0.15, 0.2) is 0 Å². The number of nitrogens with zero attached hydrogens (tertiary/aromatic N) is 2. The Kier molecular flexibility index (Phi) is 6.43. The number of hydrogen-bond donors (Lipinski definition) is 0. The monoisotopic (exact) mass is 498 g/mol. The first-order chi connectivity index (χ1) is 17.6. The number of aryl methyl sites for hydroxylation is 1. The van der Waals surface area contributed by atoms with Crippen LogP contribution in [0.5, 0.6) is 11.5 Å². The summed E-state index contributed by atoms with van der Waals surface area (Å²) >= 11 is 0. The van der Waals surface area contributed by atoms with E-state index < -0.39 is 0 Å². The first-order valence-corrected chi connectivity index (χ1v) is 13.2. The van der Waals surface area contributed by atoms with Crippen LogP contribution in [0.15, 0.2) is 48.5 Å². The lowest BCUT2D eigenvalue weighted by Crippen LogP contribution is -2.49. The lowest BCUT2D eigenvalue weighted by Gasteiger charge is -2.38. The number of carbonyl (C=O) groups excluding carboxylic acids is 1. The van der Waals surface area contributed by atoms with Gasteiger partial charge in [0.1, 0.15) is 17.1 Å². The Balaban J connectivity index is 1.44. The molecule has 2 aliphatic rings. The van der Waals surface area contributed by atoms with Crippen molar-refractivity contribution in [1.29, 1.82) is 0 Å². The number of carbonyl (C=O) groups is 1. The summed E-state index contributed by atoms with van der Waals surface area (Å²) in [6.45, 7) is 16.2. The van der Waals surface area contributed by atoms with Crippen LogP contribution in [-0.2, 0) is 0 Å². The van der Waals surface area contributed by atoms with Gasteiger partial charge in [-0.2, -0.15) is 0 Å². The number of hydrogen-bond acceptors (Lipinski definition) is 4. The molecule has 2 aliphatic heterocycles. The summed E-state index contributed by atoms with van der Waals surface area (Å²) < 4.78 is 11.9. The van der Waals surface area contributed by atoms with Crippen molar-refractivity contribution in [1.82, 2.24) is 4.90 Å². The van der Waals surface area contributed by atoms with E-state index in [9.17, 15) is 4.79 Å². The first-order valence-electron chi connectivity index (χ1n) is 13.2. The second kappa shape index (κ2) is 9.44. The van der Waals surface area contributed by atoms with E-state index in [1.807, 2.05) is 29.2 Å². The third kappa shape index (κ3) is 4.35. The Hall–Kier alpha value is -3.47. The van der Waals surface area contributed by atoms with Gasteiger partial charge >= 0.3 is 0 Å². The summed E-state index contributed by atoms with van der Waals surface area (Å²) in [5.74, 6) is 2.05. The van der Waals surface area contributed by atoms with E-state index in [-0.39, 0.29) is 17.4 Å². The summed E-state index contributed by atoms with van der Waals surface area (Å²) in [5.41, 5.74) is 9.32. The summed E-state index contributed by atoms with van der Waals surface area (Å²) in [6.07, 6.45) is 0. The van der Waals surface area contributed by atoms with Gasteiger partial charge in [0.05, 0.1) is 13.0 Å². The molecule has 0 saturated carbocycles. The fourth-order valence-corrected chi connectivity index (χ4v) is 6.13. The van der Waals surface area contributed by atoms with Crippen LogP contribution in [0, 0.1) is 27.7 Å². The van der Waals surface area contributed by atoms with Crippen molar-refractivity contribution in [2.75, 3.05) is 38.2 Å². The molecule has 2 heterocycles. The van der Waals surface area contributed by atoms with E-state index in [0.717, 1.165) is 24.6 Å². The molecule has 37 heavy (non-hydrogen) atoms. The van der Waals surface area contributed by atoms with Crippen molar-refractivity contribution in [3.63, 3.8) is 0 Å². The van der Waals surface area contributed by atoms with Gasteiger partial charge in [-0.25, -0.2) is 0 Å². The number of piperazine rings is 1. The highest BCUT2D eigenvalue weighted by Crippen LogP contribution is 2.54. The number of rotatable bonds is 4. The number of amides is 1. The maximum Gasteiger partial charge on any atom is 0.253 e. The molecule has 5 rings (SSSR count). The van der Waals surface area contributed by atoms with Crippen LogP contribution >= 0.6 is 0 Å². The second-order valence-corrected chi connectivity index (χ2v) is 11.0. The molecule has 0 spiro atoms. The smallest absolute Gasteiger partial charge is 0.253 e. The normalized spacial score (nSPS) is 18.4. The number of methoxy groups -OCH3 is 1. The van der Waals surface area contributed by atoms with E-state index >= 15 is 0 Å². The van der Waals surface area contributed by atoms with E-state index in [2.05, 4.69) is 70.7 Å². The van der Waals surface area contributed by atoms with Crippen molar-refractivity contribution >= 4 is 11.6 Å². The van der Waals surface area contributed by atoms with Crippen LogP contribution in [0.2, 0.25) is 0 Å². The lowest BCUT2D eigenvalue weighted by atomic mass is 9.78. The third-order valence-corrected chi connectivity index (χ3v) is 8.24. The largest absolute Gasteiger partial charge is 0.497 e. The molecule has 194 valence electrons. The Morgan fingerprint density at radius 1 is 0.865 bits per heavy atom. The fraction of sp³-hybridized carbons (Fsp3) is 0.406. The molecule has 5 heteroatoms. The van der Waals surface area contributed by atoms with Crippen molar-refractivity contribution in [3.05, 3.63) is 87.5 Å². The van der Waals surface area contributed by atoms with E-state index in [0.29, 0.717) is 18.7 Å². The quantitative estimate of drug-likeness (QED) is 0.430. The minimum atomic E-state index is -0.332. The van der Waals surface area contributed by atoms with Gasteiger partial charge in [-0.15, -0.1) is 0 Å². The molecule has 0 aromatic heterocycles. The Morgan fingerprint density at radius 2 is 1.49 bits per heavy atom.